The third-order valence-corrected chi connectivity index (χ3v) is 3.49. The van der Waals surface area contributed by atoms with Gasteiger partial charge < -0.3 is 15.3 Å². The molecule has 0 spiro atoms. The molecule has 0 saturated carbocycles. The number of aromatic hydroxyl groups is 1. The lowest BCUT2D eigenvalue weighted by Gasteiger charge is -2.13. The summed E-state index contributed by atoms with van der Waals surface area (Å²) in [4.78, 5) is 2.50. The van der Waals surface area contributed by atoms with Gasteiger partial charge in [0.1, 0.15) is 5.75 Å². The lowest BCUT2D eigenvalue weighted by atomic mass is 10.1. The van der Waals surface area contributed by atoms with E-state index in [0.29, 0.717) is 5.75 Å². The van der Waals surface area contributed by atoms with E-state index in [1.165, 1.54) is 26.1 Å². The summed E-state index contributed by atoms with van der Waals surface area (Å²) in [6.45, 7) is 7.79. The Kier molecular flexibility index (Phi) is 4.40. The fourth-order valence-electron chi connectivity index (χ4n) is 2.45. The first-order chi connectivity index (χ1) is 8.28. The standard InChI is InChI=1S/C14H22N2O/c1-2-16-7-6-13(11-16)10-15-9-12-4-3-5-14(17)8-12/h3-5,8,13,15,17H,2,6-7,9-11H2,1H3. The minimum Gasteiger partial charge on any atom is -0.508 e. The molecule has 0 amide bonds. The second-order valence-corrected chi connectivity index (χ2v) is 4.85. The van der Waals surface area contributed by atoms with Gasteiger partial charge in [0.2, 0.25) is 0 Å². The summed E-state index contributed by atoms with van der Waals surface area (Å²) in [6, 6.07) is 7.46. The van der Waals surface area contributed by atoms with Crippen LogP contribution in [0.25, 0.3) is 0 Å². The third-order valence-electron chi connectivity index (χ3n) is 3.49. The van der Waals surface area contributed by atoms with Gasteiger partial charge in [-0.25, -0.2) is 0 Å². The summed E-state index contributed by atoms with van der Waals surface area (Å²) in [5.41, 5.74) is 1.15. The van der Waals surface area contributed by atoms with Crippen molar-refractivity contribution in [2.24, 2.45) is 5.92 Å². The molecule has 1 heterocycles. The van der Waals surface area contributed by atoms with E-state index in [1.807, 2.05) is 18.2 Å². The summed E-state index contributed by atoms with van der Waals surface area (Å²) in [5.74, 6) is 1.13. The van der Waals surface area contributed by atoms with Gasteiger partial charge in [-0.2, -0.15) is 0 Å². The smallest absolute Gasteiger partial charge is 0.115 e. The summed E-state index contributed by atoms with van der Waals surface area (Å²) in [5, 5.41) is 12.8. The van der Waals surface area contributed by atoms with Gasteiger partial charge in [0.05, 0.1) is 0 Å². The van der Waals surface area contributed by atoms with E-state index >= 15 is 0 Å². The van der Waals surface area contributed by atoms with Gasteiger partial charge in [-0.1, -0.05) is 19.1 Å². The van der Waals surface area contributed by atoms with Crippen LogP contribution in [0.2, 0.25) is 0 Å². The number of rotatable bonds is 5. The Morgan fingerprint density at radius 1 is 1.47 bits per heavy atom. The third kappa shape index (κ3) is 3.72. The molecule has 2 rings (SSSR count). The number of benzene rings is 1. The average molecular weight is 234 g/mol. The molecule has 1 aliphatic rings. The Hall–Kier alpha value is -1.06. The highest BCUT2D eigenvalue weighted by molar-refractivity contribution is 5.26. The Morgan fingerprint density at radius 3 is 3.06 bits per heavy atom. The SMILES string of the molecule is CCN1CCC(CNCc2cccc(O)c2)C1. The molecule has 1 fully saturated rings. The van der Waals surface area contributed by atoms with Crippen molar-refractivity contribution in [1.82, 2.24) is 10.2 Å². The Labute approximate surface area is 103 Å². The van der Waals surface area contributed by atoms with Crippen LogP contribution in [0, 0.1) is 5.92 Å². The van der Waals surface area contributed by atoms with Gasteiger partial charge in [-0.3, -0.25) is 0 Å². The fourth-order valence-corrected chi connectivity index (χ4v) is 2.45. The van der Waals surface area contributed by atoms with Crippen molar-refractivity contribution < 1.29 is 5.11 Å². The summed E-state index contributed by atoms with van der Waals surface area (Å²) in [6.07, 6.45) is 1.31. The van der Waals surface area contributed by atoms with E-state index < -0.39 is 0 Å². The van der Waals surface area contributed by atoms with Gasteiger partial charge in [0.15, 0.2) is 0 Å². The van der Waals surface area contributed by atoms with Crippen LogP contribution in [0.4, 0.5) is 0 Å². The summed E-state index contributed by atoms with van der Waals surface area (Å²) in [7, 11) is 0. The molecule has 1 aliphatic heterocycles. The van der Waals surface area contributed by atoms with Crippen LogP contribution in [-0.4, -0.2) is 36.2 Å². The van der Waals surface area contributed by atoms with Crippen molar-refractivity contribution in [3.8, 4) is 5.75 Å². The first-order valence-corrected chi connectivity index (χ1v) is 6.49. The number of nitrogens with one attached hydrogen (secondary N) is 1. The van der Waals surface area contributed by atoms with Crippen molar-refractivity contribution in [2.45, 2.75) is 19.9 Å². The molecular formula is C14H22N2O. The van der Waals surface area contributed by atoms with Gasteiger partial charge in [-0.05, 0) is 49.7 Å². The molecule has 17 heavy (non-hydrogen) atoms. The maximum Gasteiger partial charge on any atom is 0.115 e. The number of phenols is 1. The quantitative estimate of drug-likeness (QED) is 0.816. The summed E-state index contributed by atoms with van der Waals surface area (Å²) >= 11 is 0. The van der Waals surface area contributed by atoms with Crippen molar-refractivity contribution in [1.29, 1.82) is 0 Å². The number of hydrogen-bond donors (Lipinski definition) is 2. The van der Waals surface area contributed by atoms with Crippen LogP contribution in [0.15, 0.2) is 24.3 Å². The number of phenolic OH excluding ortho intramolecular Hbond substituents is 1. The van der Waals surface area contributed by atoms with Gasteiger partial charge in [0.25, 0.3) is 0 Å². The molecule has 0 radical (unpaired) electrons. The fraction of sp³-hybridized carbons (Fsp3) is 0.571. The van der Waals surface area contributed by atoms with E-state index in [0.717, 1.165) is 24.6 Å². The molecule has 1 aromatic carbocycles. The lowest BCUT2D eigenvalue weighted by molar-refractivity contribution is 0.339. The maximum absolute atomic E-state index is 9.36. The van der Waals surface area contributed by atoms with E-state index in [2.05, 4.69) is 17.1 Å². The molecule has 3 heteroatoms. The van der Waals surface area contributed by atoms with Gasteiger partial charge in [0, 0.05) is 13.1 Å². The highest BCUT2D eigenvalue weighted by atomic mass is 16.3. The largest absolute Gasteiger partial charge is 0.508 e. The molecule has 1 aromatic rings. The van der Waals surface area contributed by atoms with Crippen LogP contribution >= 0.6 is 0 Å². The number of likely N-dealkylation sites (tertiary alicyclic amines) is 1. The van der Waals surface area contributed by atoms with Crippen molar-refractivity contribution in [3.63, 3.8) is 0 Å². The number of nitrogens with zero attached hydrogens (tertiary/aromatic N) is 1. The Morgan fingerprint density at radius 2 is 2.35 bits per heavy atom. The predicted octanol–water partition coefficient (Wildman–Crippen LogP) is 1.82. The molecular weight excluding hydrogens is 212 g/mol. The van der Waals surface area contributed by atoms with Crippen LogP contribution < -0.4 is 5.32 Å². The molecule has 1 unspecified atom stereocenters. The van der Waals surface area contributed by atoms with Crippen LogP contribution in [0.1, 0.15) is 18.9 Å². The Bertz CT molecular complexity index is 354. The Balaban J connectivity index is 1.70. The zero-order valence-corrected chi connectivity index (χ0v) is 10.5. The second kappa shape index (κ2) is 6.03. The number of hydrogen-bond acceptors (Lipinski definition) is 3. The molecule has 0 aliphatic carbocycles. The minimum atomic E-state index is 0.349. The van der Waals surface area contributed by atoms with Crippen LogP contribution in [0.3, 0.4) is 0 Å². The first-order valence-electron chi connectivity index (χ1n) is 6.49. The first kappa shape index (κ1) is 12.4. The second-order valence-electron chi connectivity index (χ2n) is 4.85. The van der Waals surface area contributed by atoms with Crippen LogP contribution in [-0.2, 0) is 6.54 Å². The zero-order valence-electron chi connectivity index (χ0n) is 10.5. The van der Waals surface area contributed by atoms with Gasteiger partial charge in [-0.15, -0.1) is 0 Å². The average Bonchev–Trinajstić information content (AvgIpc) is 2.77. The van der Waals surface area contributed by atoms with E-state index in [9.17, 15) is 5.11 Å². The molecule has 1 saturated heterocycles. The van der Waals surface area contributed by atoms with Crippen molar-refractivity contribution in [2.75, 3.05) is 26.2 Å². The molecule has 0 aromatic heterocycles. The van der Waals surface area contributed by atoms with E-state index in [-0.39, 0.29) is 0 Å². The summed E-state index contributed by atoms with van der Waals surface area (Å²) < 4.78 is 0. The van der Waals surface area contributed by atoms with E-state index in [4.69, 9.17) is 0 Å². The van der Waals surface area contributed by atoms with Crippen molar-refractivity contribution >= 4 is 0 Å². The highest BCUT2D eigenvalue weighted by Crippen LogP contribution is 2.15. The van der Waals surface area contributed by atoms with Crippen molar-refractivity contribution in [3.05, 3.63) is 29.8 Å². The molecule has 1 atom stereocenters. The molecule has 3 nitrogen and oxygen atoms in total. The predicted molar refractivity (Wildman–Crippen MR) is 70.0 cm³/mol. The molecule has 2 N–H and O–H groups in total. The topological polar surface area (TPSA) is 35.5 Å². The highest BCUT2D eigenvalue weighted by Gasteiger charge is 2.20. The zero-order chi connectivity index (χ0) is 12.1. The molecule has 0 bridgehead atoms. The molecule has 94 valence electrons. The lowest BCUT2D eigenvalue weighted by Crippen LogP contribution is -2.26. The van der Waals surface area contributed by atoms with Gasteiger partial charge >= 0.3 is 0 Å². The minimum absolute atomic E-state index is 0.349. The van der Waals surface area contributed by atoms with Crippen LogP contribution in [0.5, 0.6) is 5.75 Å². The monoisotopic (exact) mass is 234 g/mol. The normalized spacial score (nSPS) is 20.9. The maximum atomic E-state index is 9.36. The van der Waals surface area contributed by atoms with E-state index in [1.54, 1.807) is 6.07 Å².